The number of H-pyrrole nitrogens is 1. The Morgan fingerprint density at radius 1 is 0.875 bits per heavy atom. The molecule has 0 saturated heterocycles. The highest BCUT2D eigenvalue weighted by molar-refractivity contribution is 9.10. The summed E-state index contributed by atoms with van der Waals surface area (Å²) in [5.74, 6) is 1.33. The molecule has 32 heavy (non-hydrogen) atoms. The van der Waals surface area contributed by atoms with Gasteiger partial charge in [-0.1, -0.05) is 46.3 Å². The fraction of sp³-hybridized carbons (Fsp3) is 0.0800. The van der Waals surface area contributed by atoms with Gasteiger partial charge in [-0.05, 0) is 42.5 Å². The van der Waals surface area contributed by atoms with Gasteiger partial charge in [0, 0.05) is 21.3 Å². The first-order valence-corrected chi connectivity index (χ1v) is 10.8. The first-order valence-electron chi connectivity index (χ1n) is 9.98. The number of aromatic amines is 1. The molecule has 0 unspecified atom stereocenters. The molecule has 160 valence electrons. The molecule has 0 bridgehead atoms. The van der Waals surface area contributed by atoms with Gasteiger partial charge in [-0.25, -0.2) is 0 Å². The highest BCUT2D eigenvalue weighted by atomic mass is 79.9. The van der Waals surface area contributed by atoms with Crippen molar-refractivity contribution in [3.63, 3.8) is 0 Å². The largest absolute Gasteiger partial charge is 0.493 e. The van der Waals surface area contributed by atoms with E-state index >= 15 is 0 Å². The number of para-hydroxylation sites is 1. The summed E-state index contributed by atoms with van der Waals surface area (Å²) in [5, 5.41) is 19.6. The SMILES string of the molecule is COc1ccc(-c2c3c(-c4ccc(Br)cc4)n[nH]c3c(O)n2-c2ccccc2)cc1OC. The Kier molecular flexibility index (Phi) is 5.11. The van der Waals surface area contributed by atoms with E-state index in [1.54, 1.807) is 14.2 Å². The van der Waals surface area contributed by atoms with E-state index in [-0.39, 0.29) is 5.88 Å². The molecular weight excluding hydrogens is 470 g/mol. The average molecular weight is 490 g/mol. The molecule has 0 aliphatic rings. The number of nitrogens with zero attached hydrogens (tertiary/aromatic N) is 2. The van der Waals surface area contributed by atoms with E-state index < -0.39 is 0 Å². The minimum atomic E-state index is 0.0897. The topological polar surface area (TPSA) is 72.3 Å². The van der Waals surface area contributed by atoms with Crippen molar-refractivity contribution in [2.75, 3.05) is 14.2 Å². The smallest absolute Gasteiger partial charge is 0.222 e. The predicted molar refractivity (Wildman–Crippen MR) is 129 cm³/mol. The molecule has 0 saturated carbocycles. The van der Waals surface area contributed by atoms with Crippen LogP contribution in [0.4, 0.5) is 0 Å². The number of benzene rings is 3. The van der Waals surface area contributed by atoms with Gasteiger partial charge in [0.2, 0.25) is 5.88 Å². The van der Waals surface area contributed by atoms with Gasteiger partial charge in [0.15, 0.2) is 11.5 Å². The minimum Gasteiger partial charge on any atom is -0.493 e. The summed E-state index contributed by atoms with van der Waals surface area (Å²) in [6, 6.07) is 23.4. The Morgan fingerprint density at radius 2 is 1.56 bits per heavy atom. The lowest BCUT2D eigenvalue weighted by Crippen LogP contribution is -1.98. The molecule has 0 aliphatic carbocycles. The van der Waals surface area contributed by atoms with Crippen molar-refractivity contribution < 1.29 is 14.6 Å². The summed E-state index contributed by atoms with van der Waals surface area (Å²) < 4.78 is 13.8. The zero-order chi connectivity index (χ0) is 22.2. The third-order valence-electron chi connectivity index (χ3n) is 5.45. The molecule has 0 amide bonds. The van der Waals surface area contributed by atoms with E-state index in [1.165, 1.54) is 0 Å². The van der Waals surface area contributed by atoms with E-state index in [9.17, 15) is 5.11 Å². The molecule has 0 spiro atoms. The van der Waals surface area contributed by atoms with Crippen LogP contribution < -0.4 is 9.47 Å². The van der Waals surface area contributed by atoms with Crippen molar-refractivity contribution in [1.82, 2.24) is 14.8 Å². The summed E-state index contributed by atoms with van der Waals surface area (Å²) in [4.78, 5) is 0. The van der Waals surface area contributed by atoms with Gasteiger partial charge in [0.05, 0.1) is 25.3 Å². The van der Waals surface area contributed by atoms with Crippen LogP contribution in [0.3, 0.4) is 0 Å². The Morgan fingerprint density at radius 3 is 2.25 bits per heavy atom. The van der Waals surface area contributed by atoms with E-state index in [4.69, 9.17) is 9.47 Å². The van der Waals surface area contributed by atoms with Crippen molar-refractivity contribution in [3.8, 4) is 45.6 Å². The number of halogens is 1. The molecule has 0 atom stereocenters. The van der Waals surface area contributed by atoms with E-state index in [2.05, 4.69) is 26.1 Å². The molecule has 0 aliphatic heterocycles. The summed E-state index contributed by atoms with van der Waals surface area (Å²) in [5.41, 5.74) is 4.75. The molecule has 7 heteroatoms. The molecule has 2 N–H and O–H groups in total. The van der Waals surface area contributed by atoms with Crippen LogP contribution in [0, 0.1) is 0 Å². The van der Waals surface area contributed by atoms with Crippen molar-refractivity contribution >= 4 is 26.8 Å². The van der Waals surface area contributed by atoms with Crippen LogP contribution in [0.2, 0.25) is 0 Å². The van der Waals surface area contributed by atoms with Gasteiger partial charge in [-0.15, -0.1) is 0 Å². The van der Waals surface area contributed by atoms with Crippen LogP contribution in [0.1, 0.15) is 0 Å². The Bertz CT molecular complexity index is 1410. The average Bonchev–Trinajstić information content (AvgIpc) is 3.38. The molecule has 2 heterocycles. The number of rotatable bonds is 5. The second-order valence-corrected chi connectivity index (χ2v) is 8.16. The molecule has 0 fully saturated rings. The van der Waals surface area contributed by atoms with Gasteiger partial charge in [0.25, 0.3) is 0 Å². The Hall–Kier alpha value is -3.71. The van der Waals surface area contributed by atoms with Crippen LogP contribution in [0.5, 0.6) is 17.4 Å². The summed E-state index contributed by atoms with van der Waals surface area (Å²) in [6.45, 7) is 0. The highest BCUT2D eigenvalue weighted by Gasteiger charge is 2.25. The maximum atomic E-state index is 11.2. The molecular formula is C25H20BrN3O3. The van der Waals surface area contributed by atoms with Crippen LogP contribution in [-0.4, -0.2) is 34.1 Å². The van der Waals surface area contributed by atoms with Crippen LogP contribution >= 0.6 is 15.9 Å². The fourth-order valence-corrected chi connectivity index (χ4v) is 4.23. The van der Waals surface area contributed by atoms with Crippen molar-refractivity contribution in [2.45, 2.75) is 0 Å². The van der Waals surface area contributed by atoms with Crippen LogP contribution in [0.15, 0.2) is 77.3 Å². The third-order valence-corrected chi connectivity index (χ3v) is 5.98. The minimum absolute atomic E-state index is 0.0897. The van der Waals surface area contributed by atoms with Gasteiger partial charge >= 0.3 is 0 Å². The number of methoxy groups -OCH3 is 2. The molecule has 5 aromatic rings. The standard InChI is InChI=1S/C25H20BrN3O3/c1-31-19-13-10-16(14-20(19)32-2)24-21-22(15-8-11-17(26)12-9-15)27-28-23(21)25(30)29(24)18-6-4-3-5-7-18/h3-14,28,30H,1-2H3. The first kappa shape index (κ1) is 20.2. The number of hydrogen-bond donors (Lipinski definition) is 2. The number of hydrogen-bond acceptors (Lipinski definition) is 4. The van der Waals surface area contributed by atoms with Gasteiger partial charge in [-0.2, -0.15) is 5.10 Å². The molecule has 2 aromatic heterocycles. The Balaban J connectivity index is 1.86. The number of fused-ring (bicyclic) bond motifs is 1. The number of ether oxygens (including phenoxy) is 2. The molecule has 5 rings (SSSR count). The van der Waals surface area contributed by atoms with Crippen LogP contribution in [-0.2, 0) is 0 Å². The monoisotopic (exact) mass is 489 g/mol. The molecule has 0 radical (unpaired) electrons. The van der Waals surface area contributed by atoms with E-state index in [1.807, 2.05) is 77.4 Å². The number of aromatic hydroxyl groups is 1. The normalized spacial score (nSPS) is 11.1. The maximum absolute atomic E-state index is 11.2. The summed E-state index contributed by atoms with van der Waals surface area (Å²) in [7, 11) is 3.21. The van der Waals surface area contributed by atoms with Crippen molar-refractivity contribution in [3.05, 3.63) is 77.3 Å². The van der Waals surface area contributed by atoms with Gasteiger partial charge in [-0.3, -0.25) is 9.67 Å². The number of aromatic nitrogens is 3. The summed E-state index contributed by atoms with van der Waals surface area (Å²) in [6.07, 6.45) is 0. The zero-order valence-electron chi connectivity index (χ0n) is 17.5. The second-order valence-electron chi connectivity index (χ2n) is 7.24. The fourth-order valence-electron chi connectivity index (χ4n) is 3.97. The first-order chi connectivity index (χ1) is 15.6. The lowest BCUT2D eigenvalue weighted by atomic mass is 10.0. The van der Waals surface area contributed by atoms with Crippen molar-refractivity contribution in [2.24, 2.45) is 0 Å². The number of nitrogens with one attached hydrogen (secondary N) is 1. The second kappa shape index (κ2) is 8.09. The lowest BCUT2D eigenvalue weighted by molar-refractivity contribution is 0.355. The third kappa shape index (κ3) is 3.22. The highest BCUT2D eigenvalue weighted by Crippen LogP contribution is 2.45. The summed E-state index contributed by atoms with van der Waals surface area (Å²) >= 11 is 3.49. The lowest BCUT2D eigenvalue weighted by Gasteiger charge is -2.14. The van der Waals surface area contributed by atoms with E-state index in [0.29, 0.717) is 17.0 Å². The van der Waals surface area contributed by atoms with Gasteiger partial charge in [0.1, 0.15) is 11.2 Å². The van der Waals surface area contributed by atoms with Crippen molar-refractivity contribution in [1.29, 1.82) is 0 Å². The molecule has 3 aromatic carbocycles. The zero-order valence-corrected chi connectivity index (χ0v) is 19.1. The maximum Gasteiger partial charge on any atom is 0.222 e. The van der Waals surface area contributed by atoms with E-state index in [0.717, 1.165) is 38.1 Å². The molecule has 6 nitrogen and oxygen atoms in total. The van der Waals surface area contributed by atoms with Crippen LogP contribution in [0.25, 0.3) is 39.1 Å². The predicted octanol–water partition coefficient (Wildman–Crippen LogP) is 6.17. The Labute approximate surface area is 193 Å². The quantitative estimate of drug-likeness (QED) is 0.309. The van der Waals surface area contributed by atoms with Gasteiger partial charge < -0.3 is 14.6 Å².